The number of rotatable bonds is 4. The fourth-order valence-corrected chi connectivity index (χ4v) is 2.94. The van der Waals surface area contributed by atoms with Crippen molar-refractivity contribution >= 4 is 11.8 Å². The molecule has 2 heterocycles. The molecule has 0 amide bonds. The van der Waals surface area contributed by atoms with E-state index in [1.807, 2.05) is 20.2 Å². The smallest absolute Gasteiger partial charge is 0.105 e. The third-order valence-electron chi connectivity index (χ3n) is 2.74. The van der Waals surface area contributed by atoms with E-state index in [4.69, 9.17) is 0 Å². The van der Waals surface area contributed by atoms with Crippen LogP contribution in [0.5, 0.6) is 0 Å². The number of hydrogen-bond donors (Lipinski definition) is 1. The van der Waals surface area contributed by atoms with Gasteiger partial charge < -0.3 is 5.32 Å². The fourth-order valence-electron chi connectivity index (χ4n) is 1.98. The van der Waals surface area contributed by atoms with Crippen LogP contribution in [0.3, 0.4) is 0 Å². The summed E-state index contributed by atoms with van der Waals surface area (Å²) >= 11 is 1.63. The van der Waals surface area contributed by atoms with Crippen LogP contribution in [-0.2, 0) is 6.54 Å². The fraction of sp³-hybridized carbons (Fsp3) is 0.333. The Morgan fingerprint density at radius 1 is 1.16 bits per heavy atom. The summed E-state index contributed by atoms with van der Waals surface area (Å²) in [5.41, 5.74) is 4.68. The van der Waals surface area contributed by atoms with Crippen LogP contribution in [0.4, 0.5) is 0 Å². The molecule has 0 atom stereocenters. The maximum atomic E-state index is 4.54. The highest BCUT2D eigenvalue weighted by Gasteiger charge is 2.06. The third kappa shape index (κ3) is 3.78. The molecular weight excluding hydrogens is 254 g/mol. The first-order valence-corrected chi connectivity index (χ1v) is 7.13. The van der Waals surface area contributed by atoms with Gasteiger partial charge in [-0.1, -0.05) is 6.07 Å². The lowest BCUT2D eigenvalue weighted by atomic mass is 10.2. The van der Waals surface area contributed by atoms with Gasteiger partial charge in [-0.15, -0.1) is 0 Å². The van der Waals surface area contributed by atoms with Crippen LogP contribution in [0.1, 0.15) is 22.4 Å². The van der Waals surface area contributed by atoms with Crippen LogP contribution in [-0.4, -0.2) is 17.0 Å². The number of pyridine rings is 2. The van der Waals surface area contributed by atoms with Gasteiger partial charge in [-0.25, -0.2) is 9.97 Å². The Morgan fingerprint density at radius 3 is 2.58 bits per heavy atom. The zero-order valence-corrected chi connectivity index (χ0v) is 12.6. The van der Waals surface area contributed by atoms with E-state index >= 15 is 0 Å². The highest BCUT2D eigenvalue weighted by Crippen LogP contribution is 2.28. The molecule has 0 bridgehead atoms. The van der Waals surface area contributed by atoms with Crippen LogP contribution in [0.15, 0.2) is 34.4 Å². The Morgan fingerprint density at radius 2 is 1.95 bits per heavy atom. The summed E-state index contributed by atoms with van der Waals surface area (Å²) in [6.07, 6.45) is 1.93. The molecule has 0 spiro atoms. The molecule has 0 radical (unpaired) electrons. The summed E-state index contributed by atoms with van der Waals surface area (Å²) in [6, 6.07) is 6.36. The highest BCUT2D eigenvalue weighted by molar-refractivity contribution is 7.99. The average molecular weight is 273 g/mol. The van der Waals surface area contributed by atoms with Crippen LogP contribution in [0.25, 0.3) is 0 Å². The molecule has 0 aliphatic heterocycles. The summed E-state index contributed by atoms with van der Waals surface area (Å²) in [4.78, 5) is 9.07. The van der Waals surface area contributed by atoms with Crippen molar-refractivity contribution in [3.8, 4) is 0 Å². The standard InChI is InChI=1S/C15H19N3S/c1-10-5-12(3)18-14(6-10)19-15-11(2)7-13(8-16-4)9-17-15/h5-7,9,16H,8H2,1-4H3. The largest absolute Gasteiger partial charge is 0.316 e. The molecule has 2 aromatic heterocycles. The first-order valence-electron chi connectivity index (χ1n) is 6.32. The molecule has 2 aromatic rings. The third-order valence-corrected chi connectivity index (χ3v) is 3.78. The summed E-state index contributed by atoms with van der Waals surface area (Å²) in [5.74, 6) is 0. The monoisotopic (exact) mass is 273 g/mol. The van der Waals surface area contributed by atoms with Crippen molar-refractivity contribution < 1.29 is 0 Å². The van der Waals surface area contributed by atoms with E-state index in [0.717, 1.165) is 22.3 Å². The van der Waals surface area contributed by atoms with Crippen molar-refractivity contribution in [2.75, 3.05) is 7.05 Å². The Balaban J connectivity index is 2.23. The van der Waals surface area contributed by atoms with Gasteiger partial charge in [-0.3, -0.25) is 0 Å². The van der Waals surface area contributed by atoms with E-state index in [9.17, 15) is 0 Å². The second-order valence-corrected chi connectivity index (χ2v) is 5.73. The quantitative estimate of drug-likeness (QED) is 0.927. The predicted octanol–water partition coefficient (Wildman–Crippen LogP) is 3.27. The molecule has 2 rings (SSSR count). The van der Waals surface area contributed by atoms with Gasteiger partial charge in [0, 0.05) is 18.4 Å². The Kier molecular flexibility index (Phi) is 4.56. The molecule has 0 saturated heterocycles. The highest BCUT2D eigenvalue weighted by atomic mass is 32.2. The summed E-state index contributed by atoms with van der Waals surface area (Å²) in [5, 5.41) is 5.17. The molecule has 100 valence electrons. The van der Waals surface area contributed by atoms with Gasteiger partial charge in [0.15, 0.2) is 0 Å². The van der Waals surface area contributed by atoms with Gasteiger partial charge in [0.1, 0.15) is 10.1 Å². The molecular formula is C15H19N3S. The van der Waals surface area contributed by atoms with E-state index in [1.54, 1.807) is 11.8 Å². The lowest BCUT2D eigenvalue weighted by Crippen LogP contribution is -2.05. The molecule has 0 aliphatic carbocycles. The minimum Gasteiger partial charge on any atom is -0.316 e. The van der Waals surface area contributed by atoms with Gasteiger partial charge in [0.05, 0.1) is 0 Å². The van der Waals surface area contributed by atoms with Crippen molar-refractivity contribution in [1.82, 2.24) is 15.3 Å². The van der Waals surface area contributed by atoms with Crippen molar-refractivity contribution in [3.05, 3.63) is 46.8 Å². The Bertz CT molecular complexity index is 561. The second kappa shape index (κ2) is 6.17. The predicted molar refractivity (Wildman–Crippen MR) is 79.6 cm³/mol. The number of aromatic nitrogens is 2. The maximum Gasteiger partial charge on any atom is 0.105 e. The van der Waals surface area contributed by atoms with Crippen LogP contribution in [0.2, 0.25) is 0 Å². The van der Waals surface area contributed by atoms with Gasteiger partial charge in [0.2, 0.25) is 0 Å². The van der Waals surface area contributed by atoms with E-state index in [0.29, 0.717) is 0 Å². The summed E-state index contributed by atoms with van der Waals surface area (Å²) in [6.45, 7) is 7.06. The van der Waals surface area contributed by atoms with Crippen LogP contribution >= 0.6 is 11.8 Å². The molecule has 3 nitrogen and oxygen atoms in total. The van der Waals surface area contributed by atoms with Gasteiger partial charge >= 0.3 is 0 Å². The minimum atomic E-state index is 0.848. The zero-order valence-electron chi connectivity index (χ0n) is 11.8. The van der Waals surface area contributed by atoms with E-state index in [1.165, 1.54) is 16.7 Å². The summed E-state index contributed by atoms with van der Waals surface area (Å²) < 4.78 is 0. The minimum absolute atomic E-state index is 0.848. The van der Waals surface area contributed by atoms with Crippen molar-refractivity contribution in [2.24, 2.45) is 0 Å². The van der Waals surface area contributed by atoms with Gasteiger partial charge in [-0.05, 0) is 68.4 Å². The molecule has 0 aliphatic rings. The van der Waals surface area contributed by atoms with Crippen molar-refractivity contribution in [2.45, 2.75) is 37.4 Å². The zero-order chi connectivity index (χ0) is 13.8. The lowest BCUT2D eigenvalue weighted by molar-refractivity contribution is 0.806. The van der Waals surface area contributed by atoms with Crippen molar-refractivity contribution in [1.29, 1.82) is 0 Å². The average Bonchev–Trinajstić information content (AvgIpc) is 2.32. The normalized spacial score (nSPS) is 10.7. The van der Waals surface area contributed by atoms with Crippen molar-refractivity contribution in [3.63, 3.8) is 0 Å². The summed E-state index contributed by atoms with van der Waals surface area (Å²) in [7, 11) is 1.94. The first-order chi connectivity index (χ1) is 9.08. The first kappa shape index (κ1) is 14.0. The molecule has 19 heavy (non-hydrogen) atoms. The number of aryl methyl sites for hydroxylation is 3. The van der Waals surface area contributed by atoms with Gasteiger partial charge in [0.25, 0.3) is 0 Å². The Hall–Kier alpha value is -1.39. The second-order valence-electron chi connectivity index (χ2n) is 4.72. The topological polar surface area (TPSA) is 37.8 Å². The maximum absolute atomic E-state index is 4.54. The van der Waals surface area contributed by atoms with Crippen LogP contribution in [0, 0.1) is 20.8 Å². The lowest BCUT2D eigenvalue weighted by Gasteiger charge is -2.08. The number of hydrogen-bond acceptors (Lipinski definition) is 4. The molecule has 0 unspecified atom stereocenters. The molecule has 0 fully saturated rings. The molecule has 1 N–H and O–H groups in total. The SMILES string of the molecule is CNCc1cnc(Sc2cc(C)cc(C)n2)c(C)c1. The number of nitrogens with one attached hydrogen (secondary N) is 1. The molecule has 4 heteroatoms. The van der Waals surface area contributed by atoms with E-state index < -0.39 is 0 Å². The molecule has 0 saturated carbocycles. The number of nitrogens with zero attached hydrogens (tertiary/aromatic N) is 2. The molecule has 0 aromatic carbocycles. The van der Waals surface area contributed by atoms with E-state index in [2.05, 4.69) is 47.3 Å². The van der Waals surface area contributed by atoms with E-state index in [-0.39, 0.29) is 0 Å². The van der Waals surface area contributed by atoms with Gasteiger partial charge in [-0.2, -0.15) is 0 Å². The van der Waals surface area contributed by atoms with Crippen LogP contribution < -0.4 is 5.32 Å². The Labute approximate surface area is 118 Å².